The van der Waals surface area contributed by atoms with Crippen LogP contribution in [0.15, 0.2) is 30.3 Å². The molecular weight excluding hydrogens is 260 g/mol. The Kier molecular flexibility index (Phi) is 5.79. The number of benzene rings is 1. The molecule has 0 aromatic heterocycles. The van der Waals surface area contributed by atoms with Gasteiger partial charge in [0.05, 0.1) is 6.61 Å². The third-order valence-electron chi connectivity index (χ3n) is 3.15. The lowest BCUT2D eigenvalue weighted by Crippen LogP contribution is -2.47. The second-order valence-corrected chi connectivity index (χ2v) is 4.61. The van der Waals surface area contributed by atoms with Gasteiger partial charge < -0.3 is 14.7 Å². The first-order chi connectivity index (χ1) is 9.78. The summed E-state index contributed by atoms with van der Waals surface area (Å²) in [6.45, 7) is 3.82. The van der Waals surface area contributed by atoms with Gasteiger partial charge in [0.2, 0.25) is 0 Å². The number of piperazine rings is 1. The van der Waals surface area contributed by atoms with Crippen LogP contribution in [0, 0.1) is 0 Å². The largest absolute Gasteiger partial charge is 0.528 e. The standard InChI is InChI=1S/C14H20N2O4/c17-11-10-15-6-8-16(9-7-15)20-14(18)19-12-13-4-2-1-3-5-13/h1-5,17H,6-12H2. The summed E-state index contributed by atoms with van der Waals surface area (Å²) in [7, 11) is 0. The molecule has 1 N–H and O–H groups in total. The highest BCUT2D eigenvalue weighted by Gasteiger charge is 2.20. The summed E-state index contributed by atoms with van der Waals surface area (Å²) >= 11 is 0. The van der Waals surface area contributed by atoms with Gasteiger partial charge >= 0.3 is 6.16 Å². The van der Waals surface area contributed by atoms with Crippen LogP contribution in [0.1, 0.15) is 5.56 Å². The number of hydroxylamine groups is 2. The number of carbonyl (C=O) groups is 1. The predicted octanol–water partition coefficient (Wildman–Crippen LogP) is 0.865. The molecule has 20 heavy (non-hydrogen) atoms. The molecule has 6 heteroatoms. The molecule has 1 heterocycles. The molecule has 1 aliphatic rings. The number of rotatable bonds is 5. The molecule has 0 unspecified atom stereocenters. The SMILES string of the molecule is O=C(OCc1ccccc1)ON1CCN(CCO)CC1. The molecule has 1 fully saturated rings. The van der Waals surface area contributed by atoms with Crippen LogP contribution in [-0.2, 0) is 16.2 Å². The van der Waals surface area contributed by atoms with Gasteiger partial charge in [0.1, 0.15) is 6.61 Å². The molecule has 1 aliphatic heterocycles. The van der Waals surface area contributed by atoms with Crippen molar-refractivity contribution in [2.75, 3.05) is 39.3 Å². The molecule has 110 valence electrons. The first-order valence-corrected chi connectivity index (χ1v) is 6.75. The van der Waals surface area contributed by atoms with E-state index in [0.717, 1.165) is 18.7 Å². The van der Waals surface area contributed by atoms with Crippen LogP contribution in [0.25, 0.3) is 0 Å². The third kappa shape index (κ3) is 4.80. The quantitative estimate of drug-likeness (QED) is 0.807. The van der Waals surface area contributed by atoms with E-state index in [1.165, 1.54) is 0 Å². The van der Waals surface area contributed by atoms with Crippen molar-refractivity contribution in [2.24, 2.45) is 0 Å². The van der Waals surface area contributed by atoms with Gasteiger partial charge in [-0.15, -0.1) is 5.06 Å². The second-order valence-electron chi connectivity index (χ2n) is 4.61. The Morgan fingerprint density at radius 1 is 1.15 bits per heavy atom. The van der Waals surface area contributed by atoms with Crippen molar-refractivity contribution in [2.45, 2.75) is 6.61 Å². The normalized spacial score (nSPS) is 16.9. The Hall–Kier alpha value is -1.63. The number of aliphatic hydroxyl groups is 1. The average Bonchev–Trinajstić information content (AvgIpc) is 2.49. The fraction of sp³-hybridized carbons (Fsp3) is 0.500. The zero-order valence-corrected chi connectivity index (χ0v) is 11.4. The number of carbonyl (C=O) groups excluding carboxylic acids is 1. The maximum absolute atomic E-state index is 11.6. The van der Waals surface area contributed by atoms with Gasteiger partial charge in [-0.3, -0.25) is 4.90 Å². The molecule has 1 saturated heterocycles. The summed E-state index contributed by atoms with van der Waals surface area (Å²) in [6.07, 6.45) is -0.676. The first kappa shape index (κ1) is 14.8. The van der Waals surface area contributed by atoms with Crippen molar-refractivity contribution in [3.63, 3.8) is 0 Å². The monoisotopic (exact) mass is 280 g/mol. The van der Waals surface area contributed by atoms with Crippen LogP contribution < -0.4 is 0 Å². The van der Waals surface area contributed by atoms with Crippen LogP contribution in [0.2, 0.25) is 0 Å². The van der Waals surface area contributed by atoms with Crippen LogP contribution in [0.4, 0.5) is 4.79 Å². The summed E-state index contributed by atoms with van der Waals surface area (Å²) in [5, 5.41) is 10.4. The molecule has 1 aromatic carbocycles. The van der Waals surface area contributed by atoms with Crippen molar-refractivity contribution in [3.8, 4) is 0 Å². The first-order valence-electron chi connectivity index (χ1n) is 6.75. The molecule has 0 radical (unpaired) electrons. The minimum absolute atomic E-state index is 0.153. The highest BCUT2D eigenvalue weighted by atomic mass is 16.8. The molecule has 2 rings (SSSR count). The van der Waals surface area contributed by atoms with Gasteiger partial charge in [0.15, 0.2) is 0 Å². The zero-order chi connectivity index (χ0) is 14.2. The molecule has 0 bridgehead atoms. The minimum Gasteiger partial charge on any atom is -0.428 e. The predicted molar refractivity (Wildman–Crippen MR) is 72.8 cm³/mol. The summed E-state index contributed by atoms with van der Waals surface area (Å²) in [5.74, 6) is 0. The van der Waals surface area contributed by atoms with Crippen molar-refractivity contribution in [1.29, 1.82) is 0 Å². The van der Waals surface area contributed by atoms with Crippen molar-refractivity contribution < 1.29 is 19.5 Å². The maximum atomic E-state index is 11.6. The third-order valence-corrected chi connectivity index (χ3v) is 3.15. The van der Waals surface area contributed by atoms with Crippen molar-refractivity contribution in [1.82, 2.24) is 9.96 Å². The molecule has 0 aliphatic carbocycles. The number of hydrogen-bond acceptors (Lipinski definition) is 6. The highest BCUT2D eigenvalue weighted by Crippen LogP contribution is 2.05. The van der Waals surface area contributed by atoms with Crippen LogP contribution in [0.3, 0.4) is 0 Å². The lowest BCUT2D eigenvalue weighted by molar-refractivity contribution is -0.148. The molecule has 0 saturated carbocycles. The van der Waals surface area contributed by atoms with Gasteiger partial charge in [-0.1, -0.05) is 30.3 Å². The van der Waals surface area contributed by atoms with Gasteiger partial charge in [-0.05, 0) is 5.56 Å². The fourth-order valence-corrected chi connectivity index (χ4v) is 2.03. The van der Waals surface area contributed by atoms with E-state index in [4.69, 9.17) is 14.7 Å². The Labute approximate surface area is 118 Å². The van der Waals surface area contributed by atoms with E-state index < -0.39 is 6.16 Å². The zero-order valence-electron chi connectivity index (χ0n) is 11.4. The Balaban J connectivity index is 1.65. The average molecular weight is 280 g/mol. The van der Waals surface area contributed by atoms with E-state index in [-0.39, 0.29) is 13.2 Å². The van der Waals surface area contributed by atoms with Crippen LogP contribution in [-0.4, -0.2) is 60.6 Å². The van der Waals surface area contributed by atoms with E-state index in [2.05, 4.69) is 4.90 Å². The molecule has 6 nitrogen and oxygen atoms in total. The smallest absolute Gasteiger partial charge is 0.428 e. The second kappa shape index (κ2) is 7.84. The number of aliphatic hydroxyl groups excluding tert-OH is 1. The summed E-state index contributed by atoms with van der Waals surface area (Å²) in [6, 6.07) is 9.48. The molecule has 0 atom stereocenters. The Morgan fingerprint density at radius 2 is 1.85 bits per heavy atom. The van der Waals surface area contributed by atoms with Crippen LogP contribution in [0.5, 0.6) is 0 Å². The number of hydrogen-bond donors (Lipinski definition) is 1. The number of β-amino-alcohol motifs (C(OH)–C–C–N with tert-alkyl or cyclic N) is 1. The van der Waals surface area contributed by atoms with Gasteiger partial charge in [0, 0.05) is 32.7 Å². The lowest BCUT2D eigenvalue weighted by atomic mass is 10.2. The van der Waals surface area contributed by atoms with E-state index in [1.54, 1.807) is 5.06 Å². The molecule has 1 aromatic rings. The van der Waals surface area contributed by atoms with E-state index in [0.29, 0.717) is 19.6 Å². The highest BCUT2D eigenvalue weighted by molar-refractivity contribution is 5.59. The number of ether oxygens (including phenoxy) is 1. The van der Waals surface area contributed by atoms with E-state index in [9.17, 15) is 4.79 Å². The van der Waals surface area contributed by atoms with Crippen molar-refractivity contribution in [3.05, 3.63) is 35.9 Å². The summed E-state index contributed by atoms with van der Waals surface area (Å²) < 4.78 is 5.05. The van der Waals surface area contributed by atoms with Gasteiger partial charge in [-0.2, -0.15) is 0 Å². The molecule has 0 spiro atoms. The Bertz CT molecular complexity index is 405. The molecule has 0 amide bonds. The number of nitrogens with zero attached hydrogens (tertiary/aromatic N) is 2. The van der Waals surface area contributed by atoms with Crippen molar-refractivity contribution >= 4 is 6.16 Å². The maximum Gasteiger partial charge on any atom is 0.528 e. The lowest BCUT2D eigenvalue weighted by Gasteiger charge is -2.32. The molecular formula is C14H20N2O4. The topological polar surface area (TPSA) is 62.2 Å². The van der Waals surface area contributed by atoms with E-state index in [1.807, 2.05) is 30.3 Å². The fourth-order valence-electron chi connectivity index (χ4n) is 2.03. The van der Waals surface area contributed by atoms with Gasteiger partial charge in [0.25, 0.3) is 0 Å². The Morgan fingerprint density at radius 3 is 2.50 bits per heavy atom. The summed E-state index contributed by atoms with van der Waals surface area (Å²) in [4.78, 5) is 18.8. The summed E-state index contributed by atoms with van der Waals surface area (Å²) in [5.41, 5.74) is 0.928. The van der Waals surface area contributed by atoms with E-state index >= 15 is 0 Å². The van der Waals surface area contributed by atoms with Crippen LogP contribution >= 0.6 is 0 Å². The van der Waals surface area contributed by atoms with Gasteiger partial charge in [-0.25, -0.2) is 4.79 Å². The minimum atomic E-state index is -0.676.